The summed E-state index contributed by atoms with van der Waals surface area (Å²) in [6.45, 7) is 0.623. The van der Waals surface area contributed by atoms with Gasteiger partial charge in [0, 0.05) is 12.6 Å². The van der Waals surface area contributed by atoms with Gasteiger partial charge in [0.2, 0.25) is 0 Å². The van der Waals surface area contributed by atoms with Crippen molar-refractivity contribution in [2.75, 3.05) is 23.9 Å². The van der Waals surface area contributed by atoms with Gasteiger partial charge in [0.25, 0.3) is 11.4 Å². The van der Waals surface area contributed by atoms with Crippen LogP contribution in [0, 0.1) is 20.2 Å². The van der Waals surface area contributed by atoms with E-state index in [0.29, 0.717) is 12.2 Å². The zero-order valence-electron chi connectivity index (χ0n) is 11.9. The fourth-order valence-electron chi connectivity index (χ4n) is 1.88. The van der Waals surface area contributed by atoms with Crippen LogP contribution in [-0.4, -0.2) is 28.4 Å². The van der Waals surface area contributed by atoms with E-state index < -0.39 is 9.85 Å². The van der Waals surface area contributed by atoms with E-state index in [1.807, 2.05) is 11.8 Å². The first-order chi connectivity index (χ1) is 10.1. The van der Waals surface area contributed by atoms with Crippen LogP contribution in [0.1, 0.15) is 25.7 Å². The van der Waals surface area contributed by atoms with Gasteiger partial charge < -0.3 is 5.32 Å². The van der Waals surface area contributed by atoms with E-state index in [0.717, 1.165) is 31.1 Å². The number of rotatable bonds is 10. The van der Waals surface area contributed by atoms with Gasteiger partial charge in [-0.1, -0.05) is 12.8 Å². The Morgan fingerprint density at radius 1 is 1.10 bits per heavy atom. The van der Waals surface area contributed by atoms with Crippen molar-refractivity contribution in [3.63, 3.8) is 0 Å². The maximum atomic E-state index is 10.9. The monoisotopic (exact) mass is 313 g/mol. The van der Waals surface area contributed by atoms with Gasteiger partial charge in [0.05, 0.1) is 15.9 Å². The largest absolute Gasteiger partial charge is 0.379 e. The second kappa shape index (κ2) is 9.17. The van der Waals surface area contributed by atoms with Crippen molar-refractivity contribution < 1.29 is 9.85 Å². The molecule has 0 spiro atoms. The molecule has 0 saturated carbocycles. The number of nitro benzene ring substituents is 2. The topological polar surface area (TPSA) is 98.3 Å². The molecule has 0 aliphatic carbocycles. The molecule has 8 heteroatoms. The minimum atomic E-state index is -0.636. The second-order valence-corrected chi connectivity index (χ2v) is 5.54. The molecule has 0 amide bonds. The van der Waals surface area contributed by atoms with Gasteiger partial charge in [0.1, 0.15) is 5.69 Å². The Morgan fingerprint density at radius 2 is 1.81 bits per heavy atom. The fraction of sp³-hybridized carbons (Fsp3) is 0.538. The number of nitro groups is 2. The van der Waals surface area contributed by atoms with Crippen molar-refractivity contribution in [2.24, 2.45) is 0 Å². The van der Waals surface area contributed by atoms with Gasteiger partial charge in [-0.05, 0) is 30.9 Å². The predicted molar refractivity (Wildman–Crippen MR) is 85.1 cm³/mol. The summed E-state index contributed by atoms with van der Waals surface area (Å²) in [5.74, 6) is 1.15. The minimum Gasteiger partial charge on any atom is -0.379 e. The van der Waals surface area contributed by atoms with E-state index in [1.165, 1.54) is 18.6 Å². The first-order valence-electron chi connectivity index (χ1n) is 6.72. The molecule has 21 heavy (non-hydrogen) atoms. The maximum absolute atomic E-state index is 10.9. The van der Waals surface area contributed by atoms with E-state index in [-0.39, 0.29) is 11.4 Å². The third-order valence-corrected chi connectivity index (χ3v) is 3.68. The van der Waals surface area contributed by atoms with Crippen LogP contribution in [-0.2, 0) is 0 Å². The molecule has 0 heterocycles. The SMILES string of the molecule is CSCCCCCCNc1ccc([N+](=O)[O-])cc1[N+](=O)[O-]. The van der Waals surface area contributed by atoms with Crippen molar-refractivity contribution in [3.8, 4) is 0 Å². The van der Waals surface area contributed by atoms with Crippen LogP contribution in [0.5, 0.6) is 0 Å². The Labute approximate surface area is 127 Å². The van der Waals surface area contributed by atoms with Gasteiger partial charge in [-0.2, -0.15) is 11.8 Å². The Hall–Kier alpha value is -1.83. The smallest absolute Gasteiger partial charge is 0.299 e. The summed E-state index contributed by atoms with van der Waals surface area (Å²) in [5.41, 5.74) is -0.203. The number of non-ortho nitro benzene ring substituents is 1. The molecule has 1 aromatic rings. The number of nitrogens with one attached hydrogen (secondary N) is 1. The molecule has 0 aliphatic rings. The zero-order valence-corrected chi connectivity index (χ0v) is 12.7. The Morgan fingerprint density at radius 3 is 2.43 bits per heavy atom. The fourth-order valence-corrected chi connectivity index (χ4v) is 2.37. The number of nitrogens with zero attached hydrogens (tertiary/aromatic N) is 2. The van der Waals surface area contributed by atoms with Gasteiger partial charge >= 0.3 is 0 Å². The predicted octanol–water partition coefficient (Wildman–Crippen LogP) is 3.84. The molecule has 0 fully saturated rings. The summed E-state index contributed by atoms with van der Waals surface area (Å²) in [6.07, 6.45) is 6.38. The number of anilines is 1. The molecule has 0 bridgehead atoms. The first-order valence-corrected chi connectivity index (χ1v) is 8.11. The van der Waals surface area contributed by atoms with Crippen molar-refractivity contribution in [3.05, 3.63) is 38.4 Å². The van der Waals surface area contributed by atoms with Gasteiger partial charge in [-0.3, -0.25) is 20.2 Å². The van der Waals surface area contributed by atoms with Gasteiger partial charge in [-0.25, -0.2) is 0 Å². The average Bonchev–Trinajstić information content (AvgIpc) is 2.46. The average molecular weight is 313 g/mol. The zero-order chi connectivity index (χ0) is 15.7. The highest BCUT2D eigenvalue weighted by molar-refractivity contribution is 7.98. The summed E-state index contributed by atoms with van der Waals surface area (Å²) in [5, 5.41) is 24.6. The number of hydrogen-bond acceptors (Lipinski definition) is 6. The maximum Gasteiger partial charge on any atom is 0.299 e. The van der Waals surface area contributed by atoms with E-state index in [4.69, 9.17) is 0 Å². The highest BCUT2D eigenvalue weighted by atomic mass is 32.2. The van der Waals surface area contributed by atoms with Crippen LogP contribution in [0.15, 0.2) is 18.2 Å². The van der Waals surface area contributed by atoms with E-state index in [2.05, 4.69) is 11.6 Å². The molecule has 0 saturated heterocycles. The van der Waals surface area contributed by atoms with Gasteiger partial charge in [-0.15, -0.1) is 0 Å². The molecule has 7 nitrogen and oxygen atoms in total. The lowest BCUT2D eigenvalue weighted by molar-refractivity contribution is -0.393. The van der Waals surface area contributed by atoms with Crippen LogP contribution >= 0.6 is 11.8 Å². The van der Waals surface area contributed by atoms with E-state index in [9.17, 15) is 20.2 Å². The third-order valence-electron chi connectivity index (χ3n) is 2.98. The number of benzene rings is 1. The summed E-state index contributed by atoms with van der Waals surface area (Å²) in [7, 11) is 0. The quantitative estimate of drug-likeness (QED) is 0.400. The summed E-state index contributed by atoms with van der Waals surface area (Å²) in [4.78, 5) is 20.3. The lowest BCUT2D eigenvalue weighted by Gasteiger charge is -2.07. The van der Waals surface area contributed by atoms with Crippen LogP contribution < -0.4 is 5.32 Å². The van der Waals surface area contributed by atoms with Crippen LogP contribution in [0.2, 0.25) is 0 Å². The minimum absolute atomic E-state index is 0.258. The van der Waals surface area contributed by atoms with E-state index in [1.54, 1.807) is 0 Å². The van der Waals surface area contributed by atoms with Crippen molar-refractivity contribution in [1.82, 2.24) is 0 Å². The van der Waals surface area contributed by atoms with Crippen LogP contribution in [0.3, 0.4) is 0 Å². The molecular formula is C13H19N3O4S. The molecule has 0 unspecified atom stereocenters. The standard InChI is InChI=1S/C13H19N3O4S/c1-21-9-5-3-2-4-8-14-12-7-6-11(15(17)18)10-13(12)16(19)20/h6-7,10,14H,2-5,8-9H2,1H3. The Balaban J connectivity index is 2.51. The van der Waals surface area contributed by atoms with Crippen molar-refractivity contribution >= 4 is 28.8 Å². The molecule has 0 radical (unpaired) electrons. The number of thioether (sulfide) groups is 1. The van der Waals surface area contributed by atoms with Crippen LogP contribution in [0.4, 0.5) is 17.1 Å². The summed E-state index contributed by atoms with van der Waals surface area (Å²) in [6, 6.07) is 3.65. The number of hydrogen-bond donors (Lipinski definition) is 1. The molecule has 1 rings (SSSR count). The Bertz CT molecular complexity index is 496. The highest BCUT2D eigenvalue weighted by Gasteiger charge is 2.18. The van der Waals surface area contributed by atoms with E-state index >= 15 is 0 Å². The molecule has 1 N–H and O–H groups in total. The third kappa shape index (κ3) is 5.99. The van der Waals surface area contributed by atoms with Gasteiger partial charge in [0.15, 0.2) is 0 Å². The lowest BCUT2D eigenvalue weighted by Crippen LogP contribution is -2.05. The Kier molecular flexibility index (Phi) is 7.52. The van der Waals surface area contributed by atoms with Crippen molar-refractivity contribution in [1.29, 1.82) is 0 Å². The lowest BCUT2D eigenvalue weighted by atomic mass is 10.2. The molecular weight excluding hydrogens is 294 g/mol. The first kappa shape index (κ1) is 17.2. The molecule has 0 atom stereocenters. The molecule has 0 aliphatic heterocycles. The summed E-state index contributed by atoms with van der Waals surface area (Å²) < 4.78 is 0. The molecule has 116 valence electrons. The molecule has 0 aromatic heterocycles. The molecule has 1 aromatic carbocycles. The normalized spacial score (nSPS) is 10.3. The van der Waals surface area contributed by atoms with Crippen molar-refractivity contribution in [2.45, 2.75) is 25.7 Å². The highest BCUT2D eigenvalue weighted by Crippen LogP contribution is 2.28. The summed E-state index contributed by atoms with van der Waals surface area (Å²) >= 11 is 1.83. The van der Waals surface area contributed by atoms with Crippen LogP contribution in [0.25, 0.3) is 0 Å². The number of unbranched alkanes of at least 4 members (excludes halogenated alkanes) is 3. The second-order valence-electron chi connectivity index (χ2n) is 4.55.